The van der Waals surface area contributed by atoms with Crippen molar-refractivity contribution in [2.75, 3.05) is 31.6 Å². The number of rotatable bonds is 3. The molecule has 0 radical (unpaired) electrons. The minimum atomic E-state index is -0.418. The van der Waals surface area contributed by atoms with Gasteiger partial charge in [-0.2, -0.15) is 0 Å². The summed E-state index contributed by atoms with van der Waals surface area (Å²) in [5, 5.41) is 11.2. The number of likely N-dealkylation sites (tertiary alicyclic amines) is 1. The van der Waals surface area contributed by atoms with Crippen LogP contribution in [0.2, 0.25) is 0 Å². The van der Waals surface area contributed by atoms with Gasteiger partial charge in [0.25, 0.3) is 0 Å². The van der Waals surface area contributed by atoms with Gasteiger partial charge in [0.1, 0.15) is 0 Å². The highest BCUT2D eigenvalue weighted by Crippen LogP contribution is 2.46. The standard InChI is InChI=1S/C18H25N3O4/c1-24-16-11-14-17(12-15(16)21(22)23)25-18-6-5-13(7-10-20(14)18)19-8-3-2-4-9-19/h11-13,18H,2-10H2,1H3. The van der Waals surface area contributed by atoms with Crippen LogP contribution in [0.1, 0.15) is 38.5 Å². The third-order valence-electron chi connectivity index (χ3n) is 5.73. The fourth-order valence-corrected chi connectivity index (χ4v) is 4.42. The lowest BCUT2D eigenvalue weighted by Gasteiger charge is -2.34. The Hall–Kier alpha value is -2.02. The Bertz CT molecular complexity index is 660. The Kier molecular flexibility index (Phi) is 4.41. The average Bonchev–Trinajstić information content (AvgIpc) is 2.83. The minimum absolute atomic E-state index is 0.0171. The summed E-state index contributed by atoms with van der Waals surface area (Å²) < 4.78 is 11.3. The van der Waals surface area contributed by atoms with Crippen molar-refractivity contribution in [1.82, 2.24) is 4.90 Å². The Balaban J connectivity index is 1.54. The number of anilines is 1. The van der Waals surface area contributed by atoms with Gasteiger partial charge in [0.15, 0.2) is 17.7 Å². The molecule has 7 heteroatoms. The molecule has 0 aliphatic carbocycles. The topological polar surface area (TPSA) is 68.1 Å². The summed E-state index contributed by atoms with van der Waals surface area (Å²) in [4.78, 5) is 15.7. The monoisotopic (exact) mass is 347 g/mol. The molecule has 0 bridgehead atoms. The lowest BCUT2D eigenvalue weighted by Crippen LogP contribution is -2.39. The first kappa shape index (κ1) is 16.4. The molecule has 2 unspecified atom stereocenters. The van der Waals surface area contributed by atoms with E-state index < -0.39 is 4.92 Å². The molecule has 136 valence electrons. The summed E-state index contributed by atoms with van der Waals surface area (Å²) in [5.41, 5.74) is 0.886. The van der Waals surface area contributed by atoms with Crippen molar-refractivity contribution in [3.8, 4) is 11.5 Å². The number of nitro benzene ring substituents is 1. The third-order valence-corrected chi connectivity index (χ3v) is 5.73. The normalized spacial score (nSPS) is 26.4. The second-order valence-electron chi connectivity index (χ2n) is 7.13. The van der Waals surface area contributed by atoms with Crippen LogP contribution in [-0.4, -0.2) is 48.8 Å². The predicted octanol–water partition coefficient (Wildman–Crippen LogP) is 3.17. The van der Waals surface area contributed by atoms with Crippen LogP contribution in [0, 0.1) is 10.1 Å². The SMILES string of the molecule is COc1cc2c(cc1[N+](=O)[O-])OC1CCC(N3CCCCC3)CCN21. The fourth-order valence-electron chi connectivity index (χ4n) is 4.42. The number of hydrogen-bond donors (Lipinski definition) is 0. The summed E-state index contributed by atoms with van der Waals surface area (Å²) in [6.07, 6.45) is 7.14. The van der Waals surface area contributed by atoms with Gasteiger partial charge in [-0.25, -0.2) is 0 Å². The Morgan fingerprint density at radius 1 is 1.16 bits per heavy atom. The quantitative estimate of drug-likeness (QED) is 0.618. The Labute approximate surface area is 147 Å². The molecule has 2 atom stereocenters. The number of fused-ring (bicyclic) bond motifs is 3. The van der Waals surface area contributed by atoms with E-state index in [1.54, 1.807) is 6.07 Å². The summed E-state index contributed by atoms with van der Waals surface area (Å²) in [6, 6.07) is 3.89. The summed E-state index contributed by atoms with van der Waals surface area (Å²) >= 11 is 0. The summed E-state index contributed by atoms with van der Waals surface area (Å²) in [5.74, 6) is 0.902. The van der Waals surface area contributed by atoms with E-state index in [0.717, 1.165) is 31.5 Å². The van der Waals surface area contributed by atoms with Crippen LogP contribution in [0.15, 0.2) is 12.1 Å². The number of nitro groups is 1. The molecule has 0 N–H and O–H groups in total. The molecule has 25 heavy (non-hydrogen) atoms. The molecule has 3 heterocycles. The van der Waals surface area contributed by atoms with Crippen LogP contribution in [0.3, 0.4) is 0 Å². The molecule has 2 fully saturated rings. The highest BCUT2D eigenvalue weighted by molar-refractivity contribution is 5.70. The van der Waals surface area contributed by atoms with Crippen LogP contribution < -0.4 is 14.4 Å². The Morgan fingerprint density at radius 3 is 2.68 bits per heavy atom. The maximum absolute atomic E-state index is 11.2. The predicted molar refractivity (Wildman–Crippen MR) is 94.5 cm³/mol. The smallest absolute Gasteiger partial charge is 0.314 e. The zero-order valence-corrected chi connectivity index (χ0v) is 14.6. The summed E-state index contributed by atoms with van der Waals surface area (Å²) in [7, 11) is 1.47. The van der Waals surface area contributed by atoms with Crippen LogP contribution in [0.4, 0.5) is 11.4 Å². The van der Waals surface area contributed by atoms with Crippen molar-refractivity contribution in [3.05, 3.63) is 22.2 Å². The van der Waals surface area contributed by atoms with E-state index in [9.17, 15) is 10.1 Å². The average molecular weight is 347 g/mol. The van der Waals surface area contributed by atoms with Crippen molar-refractivity contribution in [3.63, 3.8) is 0 Å². The van der Waals surface area contributed by atoms with Gasteiger partial charge in [0.05, 0.1) is 23.8 Å². The van der Waals surface area contributed by atoms with Crippen LogP contribution >= 0.6 is 0 Å². The van der Waals surface area contributed by atoms with Crippen molar-refractivity contribution in [2.45, 2.75) is 50.8 Å². The minimum Gasteiger partial charge on any atom is -0.490 e. The van der Waals surface area contributed by atoms with Gasteiger partial charge in [0, 0.05) is 25.1 Å². The first-order valence-electron chi connectivity index (χ1n) is 9.21. The third kappa shape index (κ3) is 3.01. The van der Waals surface area contributed by atoms with E-state index in [-0.39, 0.29) is 11.9 Å². The van der Waals surface area contributed by atoms with Crippen LogP contribution in [-0.2, 0) is 0 Å². The molecule has 0 amide bonds. The number of hydrogen-bond acceptors (Lipinski definition) is 6. The zero-order chi connectivity index (χ0) is 17.4. The second-order valence-corrected chi connectivity index (χ2v) is 7.13. The van der Waals surface area contributed by atoms with Gasteiger partial charge >= 0.3 is 5.69 Å². The van der Waals surface area contributed by atoms with Crippen molar-refractivity contribution in [2.24, 2.45) is 0 Å². The molecule has 0 spiro atoms. The fraction of sp³-hybridized carbons (Fsp3) is 0.667. The van der Waals surface area contributed by atoms with Crippen molar-refractivity contribution in [1.29, 1.82) is 0 Å². The van der Waals surface area contributed by atoms with Gasteiger partial charge < -0.3 is 19.3 Å². The van der Waals surface area contributed by atoms with Gasteiger partial charge in [0.2, 0.25) is 0 Å². The first-order valence-corrected chi connectivity index (χ1v) is 9.21. The van der Waals surface area contributed by atoms with E-state index in [0.29, 0.717) is 17.5 Å². The van der Waals surface area contributed by atoms with Crippen molar-refractivity contribution < 1.29 is 14.4 Å². The number of benzene rings is 1. The maximum Gasteiger partial charge on any atom is 0.314 e. The highest BCUT2D eigenvalue weighted by Gasteiger charge is 2.37. The van der Waals surface area contributed by atoms with Gasteiger partial charge in [-0.05, 0) is 38.8 Å². The van der Waals surface area contributed by atoms with Crippen LogP contribution in [0.5, 0.6) is 11.5 Å². The number of methoxy groups -OCH3 is 1. The van der Waals surface area contributed by atoms with Gasteiger partial charge in [-0.15, -0.1) is 0 Å². The van der Waals surface area contributed by atoms with E-state index in [4.69, 9.17) is 9.47 Å². The zero-order valence-electron chi connectivity index (χ0n) is 14.6. The van der Waals surface area contributed by atoms with E-state index in [2.05, 4.69) is 9.80 Å². The van der Waals surface area contributed by atoms with Gasteiger partial charge in [-0.3, -0.25) is 10.1 Å². The molecule has 4 rings (SSSR count). The molecule has 3 aliphatic heterocycles. The van der Waals surface area contributed by atoms with E-state index in [1.165, 1.54) is 45.5 Å². The first-order chi connectivity index (χ1) is 12.2. The van der Waals surface area contributed by atoms with E-state index in [1.807, 2.05) is 0 Å². The molecule has 1 aromatic rings. The largest absolute Gasteiger partial charge is 0.490 e. The molecule has 7 nitrogen and oxygen atoms in total. The molecule has 1 aromatic carbocycles. The lowest BCUT2D eigenvalue weighted by molar-refractivity contribution is -0.385. The van der Waals surface area contributed by atoms with E-state index >= 15 is 0 Å². The lowest BCUT2D eigenvalue weighted by atomic mass is 10.0. The molecular formula is C18H25N3O4. The highest BCUT2D eigenvalue weighted by atomic mass is 16.6. The summed E-state index contributed by atoms with van der Waals surface area (Å²) in [6.45, 7) is 3.35. The molecule has 0 saturated carbocycles. The van der Waals surface area contributed by atoms with Crippen molar-refractivity contribution >= 4 is 11.4 Å². The number of ether oxygens (including phenoxy) is 2. The molecule has 2 saturated heterocycles. The van der Waals surface area contributed by atoms with Crippen LogP contribution in [0.25, 0.3) is 0 Å². The number of nitrogens with zero attached hydrogens (tertiary/aromatic N) is 3. The Morgan fingerprint density at radius 2 is 1.96 bits per heavy atom. The molecule has 0 aromatic heterocycles. The number of piperidine rings is 1. The molecule has 3 aliphatic rings. The molecular weight excluding hydrogens is 322 g/mol. The maximum atomic E-state index is 11.2. The second kappa shape index (κ2) is 6.71. The van der Waals surface area contributed by atoms with Gasteiger partial charge in [-0.1, -0.05) is 6.42 Å².